The van der Waals surface area contributed by atoms with Crippen LogP contribution in [0.4, 0.5) is 4.79 Å². The molecule has 2 amide bonds. The molecule has 3 atom stereocenters. The van der Waals surface area contributed by atoms with E-state index in [0.29, 0.717) is 5.92 Å². The lowest BCUT2D eigenvalue weighted by atomic mass is 10.2. The lowest BCUT2D eigenvalue weighted by Crippen LogP contribution is -2.49. The number of β-amino-alcohol motifs (C(OH)–C–C–N with tert-alkyl or cyclic N) is 1. The highest BCUT2D eigenvalue weighted by Crippen LogP contribution is 2.32. The fraction of sp³-hybridized carbons (Fsp3) is 0.818. The van der Waals surface area contributed by atoms with Crippen LogP contribution in [0.5, 0.6) is 0 Å². The Labute approximate surface area is 99.6 Å². The molecule has 17 heavy (non-hydrogen) atoms. The summed E-state index contributed by atoms with van der Waals surface area (Å²) in [6.45, 7) is 2.03. The quantitative estimate of drug-likeness (QED) is 0.650. The normalized spacial score (nSPS) is 30.1. The van der Waals surface area contributed by atoms with E-state index in [0.717, 1.165) is 12.8 Å². The van der Waals surface area contributed by atoms with Crippen LogP contribution in [0.25, 0.3) is 0 Å². The van der Waals surface area contributed by atoms with Gasteiger partial charge in [-0.25, -0.2) is 9.59 Å². The first kappa shape index (κ1) is 12.2. The molecule has 1 aliphatic carbocycles. The average Bonchev–Trinajstić information content (AvgIpc) is 3.01. The summed E-state index contributed by atoms with van der Waals surface area (Å²) in [5.41, 5.74) is 0. The molecule has 0 aromatic carbocycles. The number of likely N-dealkylation sites (tertiary alicyclic amines) is 1. The van der Waals surface area contributed by atoms with Crippen molar-refractivity contribution in [3.63, 3.8) is 0 Å². The molecular formula is C11H18N2O4. The standard InChI is InChI=1S/C11H18N2O4/c1-6(7-2-3-7)12-11(17)13-5-8(14)4-9(13)10(15)16/h6-9,14H,2-5H2,1H3,(H,12,17)(H,15,16)/t6?,8?,9-/m0/s1. The number of carboxylic acids is 1. The second-order valence-corrected chi connectivity index (χ2v) is 4.97. The summed E-state index contributed by atoms with van der Waals surface area (Å²) in [7, 11) is 0. The largest absolute Gasteiger partial charge is 0.480 e. The summed E-state index contributed by atoms with van der Waals surface area (Å²) < 4.78 is 0. The van der Waals surface area contributed by atoms with Crippen LogP contribution in [0.15, 0.2) is 0 Å². The van der Waals surface area contributed by atoms with Crippen LogP contribution in [0.3, 0.4) is 0 Å². The number of aliphatic carboxylic acids is 1. The SMILES string of the molecule is CC(NC(=O)N1CC(O)C[C@H]1C(=O)O)C1CC1. The topological polar surface area (TPSA) is 89.9 Å². The van der Waals surface area contributed by atoms with Gasteiger partial charge in [0.25, 0.3) is 0 Å². The molecule has 2 aliphatic rings. The number of amides is 2. The van der Waals surface area contributed by atoms with Crippen LogP contribution in [-0.2, 0) is 4.79 Å². The number of aliphatic hydroxyl groups is 1. The molecule has 0 radical (unpaired) electrons. The Hall–Kier alpha value is -1.30. The van der Waals surface area contributed by atoms with Gasteiger partial charge in [-0.15, -0.1) is 0 Å². The van der Waals surface area contributed by atoms with Crippen molar-refractivity contribution in [2.45, 2.75) is 44.4 Å². The van der Waals surface area contributed by atoms with Crippen molar-refractivity contribution >= 4 is 12.0 Å². The highest BCUT2D eigenvalue weighted by Gasteiger charge is 2.40. The highest BCUT2D eigenvalue weighted by molar-refractivity contribution is 5.83. The van der Waals surface area contributed by atoms with Crippen LogP contribution in [0.2, 0.25) is 0 Å². The van der Waals surface area contributed by atoms with Crippen molar-refractivity contribution in [1.82, 2.24) is 10.2 Å². The van der Waals surface area contributed by atoms with E-state index in [1.54, 1.807) is 0 Å². The first-order valence-electron chi connectivity index (χ1n) is 5.97. The maximum Gasteiger partial charge on any atom is 0.326 e. The van der Waals surface area contributed by atoms with E-state index in [9.17, 15) is 14.7 Å². The van der Waals surface area contributed by atoms with Crippen LogP contribution in [-0.4, -0.2) is 51.8 Å². The van der Waals surface area contributed by atoms with Crippen molar-refractivity contribution in [2.75, 3.05) is 6.54 Å². The van der Waals surface area contributed by atoms with Gasteiger partial charge in [0.15, 0.2) is 0 Å². The molecule has 1 saturated heterocycles. The van der Waals surface area contributed by atoms with Crippen LogP contribution in [0, 0.1) is 5.92 Å². The minimum Gasteiger partial charge on any atom is -0.480 e. The van der Waals surface area contributed by atoms with Gasteiger partial charge in [-0.1, -0.05) is 0 Å². The summed E-state index contributed by atoms with van der Waals surface area (Å²) in [5, 5.41) is 21.2. The first-order valence-corrected chi connectivity index (χ1v) is 5.97. The van der Waals surface area contributed by atoms with Crippen LogP contribution in [0.1, 0.15) is 26.2 Å². The zero-order chi connectivity index (χ0) is 12.6. The van der Waals surface area contributed by atoms with Gasteiger partial charge in [0, 0.05) is 19.0 Å². The van der Waals surface area contributed by atoms with Gasteiger partial charge in [0.2, 0.25) is 0 Å². The number of hydrogen-bond acceptors (Lipinski definition) is 3. The van der Waals surface area contributed by atoms with E-state index < -0.39 is 18.1 Å². The van der Waals surface area contributed by atoms with E-state index in [2.05, 4.69) is 5.32 Å². The predicted molar refractivity (Wildman–Crippen MR) is 59.5 cm³/mol. The molecule has 3 N–H and O–H groups in total. The summed E-state index contributed by atoms with van der Waals surface area (Å²) in [4.78, 5) is 24.1. The second-order valence-electron chi connectivity index (χ2n) is 4.97. The highest BCUT2D eigenvalue weighted by atomic mass is 16.4. The Morgan fingerprint density at radius 1 is 1.41 bits per heavy atom. The Bertz CT molecular complexity index is 329. The number of hydrogen-bond donors (Lipinski definition) is 3. The lowest BCUT2D eigenvalue weighted by Gasteiger charge is -2.24. The predicted octanol–water partition coefficient (Wildman–Crippen LogP) is 0.0143. The molecule has 1 saturated carbocycles. The van der Waals surface area contributed by atoms with E-state index in [1.807, 2.05) is 6.92 Å². The third kappa shape index (κ3) is 2.69. The van der Waals surface area contributed by atoms with Crippen molar-refractivity contribution in [3.05, 3.63) is 0 Å². The van der Waals surface area contributed by atoms with Crippen LogP contribution < -0.4 is 5.32 Å². The maximum atomic E-state index is 11.9. The Morgan fingerprint density at radius 3 is 2.59 bits per heavy atom. The van der Waals surface area contributed by atoms with Crippen molar-refractivity contribution in [2.24, 2.45) is 5.92 Å². The van der Waals surface area contributed by atoms with Gasteiger partial charge in [-0.2, -0.15) is 0 Å². The summed E-state index contributed by atoms with van der Waals surface area (Å²) >= 11 is 0. The minimum atomic E-state index is -1.06. The Morgan fingerprint density at radius 2 is 2.06 bits per heavy atom. The van der Waals surface area contributed by atoms with Gasteiger partial charge in [0.1, 0.15) is 6.04 Å². The number of carbonyl (C=O) groups excluding carboxylic acids is 1. The number of urea groups is 1. The maximum absolute atomic E-state index is 11.9. The molecular weight excluding hydrogens is 224 g/mol. The number of rotatable bonds is 3. The molecule has 1 aliphatic heterocycles. The van der Waals surface area contributed by atoms with E-state index in [1.165, 1.54) is 4.90 Å². The molecule has 1 heterocycles. The number of nitrogens with zero attached hydrogens (tertiary/aromatic N) is 1. The van der Waals surface area contributed by atoms with Gasteiger partial charge in [0.05, 0.1) is 6.10 Å². The van der Waals surface area contributed by atoms with Crippen LogP contribution >= 0.6 is 0 Å². The second kappa shape index (κ2) is 4.52. The van der Waals surface area contributed by atoms with Crippen molar-refractivity contribution in [1.29, 1.82) is 0 Å². The zero-order valence-corrected chi connectivity index (χ0v) is 9.80. The van der Waals surface area contributed by atoms with Gasteiger partial charge < -0.3 is 20.4 Å². The number of carbonyl (C=O) groups is 2. The summed E-state index contributed by atoms with van der Waals surface area (Å²) in [6.07, 6.45) is 1.61. The number of aliphatic hydroxyl groups excluding tert-OH is 1. The third-order valence-electron chi connectivity index (χ3n) is 3.51. The Balaban J connectivity index is 1.94. The zero-order valence-electron chi connectivity index (χ0n) is 9.80. The molecule has 2 fully saturated rings. The molecule has 6 nitrogen and oxygen atoms in total. The van der Waals surface area contributed by atoms with Gasteiger partial charge >= 0.3 is 12.0 Å². The third-order valence-corrected chi connectivity index (χ3v) is 3.51. The summed E-state index contributed by atoms with van der Waals surface area (Å²) in [6, 6.07) is -1.21. The molecule has 96 valence electrons. The average molecular weight is 242 g/mol. The van der Waals surface area contributed by atoms with E-state index in [-0.39, 0.29) is 25.0 Å². The molecule has 0 bridgehead atoms. The van der Waals surface area contributed by atoms with Gasteiger partial charge in [-0.05, 0) is 25.7 Å². The van der Waals surface area contributed by atoms with Crippen molar-refractivity contribution < 1.29 is 19.8 Å². The fourth-order valence-corrected chi connectivity index (χ4v) is 2.26. The minimum absolute atomic E-state index is 0.0784. The molecule has 6 heteroatoms. The lowest BCUT2D eigenvalue weighted by molar-refractivity contribution is -0.141. The monoisotopic (exact) mass is 242 g/mol. The van der Waals surface area contributed by atoms with Gasteiger partial charge in [-0.3, -0.25) is 0 Å². The smallest absolute Gasteiger partial charge is 0.326 e. The number of carboxylic acid groups (broad SMARTS) is 1. The molecule has 2 unspecified atom stereocenters. The van der Waals surface area contributed by atoms with Crippen molar-refractivity contribution in [3.8, 4) is 0 Å². The summed E-state index contributed by atoms with van der Waals surface area (Å²) in [5.74, 6) is -0.537. The fourth-order valence-electron chi connectivity index (χ4n) is 2.26. The number of nitrogens with one attached hydrogen (secondary N) is 1. The van der Waals surface area contributed by atoms with E-state index >= 15 is 0 Å². The first-order chi connectivity index (χ1) is 7.99. The van der Waals surface area contributed by atoms with E-state index in [4.69, 9.17) is 5.11 Å². The molecule has 0 spiro atoms. The Kier molecular flexibility index (Phi) is 3.24. The molecule has 0 aromatic rings. The molecule has 0 aromatic heterocycles. The molecule has 2 rings (SSSR count).